The summed E-state index contributed by atoms with van der Waals surface area (Å²) in [4.78, 5) is 63.2. The standard InChI is InChI=1S/C37H34N8O4/c38-35(47)27-4-3-7-32(28(27)17-22-8-9-26-23(16-22)20-44(37(26)49)33-10-11-34(46)42-36(33)48)43-14-12-25(13-15-43)45-21-24(18-40-45)31-19-39-29-5-1-2-6-30(29)41-31/h1-9,16,18-19,21,25,33H,10-15,17,20H2,(H2,38,47)(H,42,46,48). The Balaban J connectivity index is 0.990. The molecule has 2 fully saturated rings. The highest BCUT2D eigenvalue weighted by molar-refractivity contribution is 6.05. The maximum Gasteiger partial charge on any atom is 0.255 e. The number of imide groups is 1. The lowest BCUT2D eigenvalue weighted by Crippen LogP contribution is -2.52. The topological polar surface area (TPSA) is 156 Å². The molecule has 12 heteroatoms. The number of nitrogens with two attached hydrogens (primary N) is 1. The van der Waals surface area contributed by atoms with Crippen molar-refractivity contribution in [2.24, 2.45) is 5.73 Å². The van der Waals surface area contributed by atoms with Gasteiger partial charge in [0.1, 0.15) is 6.04 Å². The number of para-hydroxylation sites is 2. The number of nitrogens with one attached hydrogen (secondary N) is 1. The second kappa shape index (κ2) is 12.3. The molecular weight excluding hydrogens is 620 g/mol. The average molecular weight is 655 g/mol. The van der Waals surface area contributed by atoms with Gasteiger partial charge in [0.25, 0.3) is 5.91 Å². The number of hydrogen-bond donors (Lipinski definition) is 2. The van der Waals surface area contributed by atoms with Crippen LogP contribution in [-0.4, -0.2) is 67.4 Å². The maximum atomic E-state index is 13.2. The zero-order chi connectivity index (χ0) is 33.6. The van der Waals surface area contributed by atoms with Crippen molar-refractivity contribution in [2.45, 2.75) is 50.7 Å². The minimum atomic E-state index is -0.674. The van der Waals surface area contributed by atoms with Gasteiger partial charge < -0.3 is 15.5 Å². The average Bonchev–Trinajstić information content (AvgIpc) is 3.73. The summed E-state index contributed by atoms with van der Waals surface area (Å²) in [6.45, 7) is 1.82. The number of primary amides is 1. The fraction of sp³-hybridized carbons (Fsp3) is 0.270. The Morgan fingerprint density at radius 1 is 0.939 bits per heavy atom. The molecule has 0 radical (unpaired) electrons. The van der Waals surface area contributed by atoms with Crippen LogP contribution < -0.4 is 16.0 Å². The molecule has 3 aliphatic rings. The lowest BCUT2D eigenvalue weighted by Gasteiger charge is -2.35. The number of anilines is 1. The largest absolute Gasteiger partial charge is 0.371 e. The van der Waals surface area contributed by atoms with E-state index < -0.39 is 17.9 Å². The van der Waals surface area contributed by atoms with E-state index in [9.17, 15) is 19.2 Å². The monoisotopic (exact) mass is 654 g/mol. The summed E-state index contributed by atoms with van der Waals surface area (Å²) >= 11 is 0. The van der Waals surface area contributed by atoms with Crippen molar-refractivity contribution in [3.05, 3.63) is 107 Å². The summed E-state index contributed by atoms with van der Waals surface area (Å²) in [5.74, 6) is -1.46. The van der Waals surface area contributed by atoms with E-state index in [1.165, 1.54) is 0 Å². The van der Waals surface area contributed by atoms with E-state index in [2.05, 4.69) is 20.3 Å². The lowest BCUT2D eigenvalue weighted by molar-refractivity contribution is -0.136. The summed E-state index contributed by atoms with van der Waals surface area (Å²) in [6.07, 6.45) is 8.35. The highest BCUT2D eigenvalue weighted by atomic mass is 16.2. The van der Waals surface area contributed by atoms with Crippen LogP contribution in [0.15, 0.2) is 79.3 Å². The van der Waals surface area contributed by atoms with Crippen LogP contribution in [0.4, 0.5) is 5.69 Å². The van der Waals surface area contributed by atoms with Gasteiger partial charge >= 0.3 is 0 Å². The number of aromatic nitrogens is 4. The molecule has 5 aromatic rings. The van der Waals surface area contributed by atoms with E-state index in [1.807, 2.05) is 65.6 Å². The second-order valence-corrected chi connectivity index (χ2v) is 12.9. The molecule has 3 aliphatic heterocycles. The molecular formula is C37H34N8O4. The molecule has 1 atom stereocenters. The predicted octanol–water partition coefficient (Wildman–Crippen LogP) is 3.79. The van der Waals surface area contributed by atoms with Crippen LogP contribution in [-0.2, 0) is 22.6 Å². The van der Waals surface area contributed by atoms with Crippen LogP contribution >= 0.6 is 0 Å². The van der Waals surface area contributed by atoms with E-state index in [0.29, 0.717) is 24.0 Å². The molecule has 2 saturated heterocycles. The van der Waals surface area contributed by atoms with Crippen molar-refractivity contribution in [2.75, 3.05) is 18.0 Å². The second-order valence-electron chi connectivity index (χ2n) is 12.9. The van der Waals surface area contributed by atoms with Gasteiger partial charge in [-0.05, 0) is 66.3 Å². The number of amides is 4. The first kappa shape index (κ1) is 30.4. The summed E-state index contributed by atoms with van der Waals surface area (Å²) in [5, 5.41) is 7.03. The van der Waals surface area contributed by atoms with Crippen LogP contribution in [0.5, 0.6) is 0 Å². The smallest absolute Gasteiger partial charge is 0.255 e. The zero-order valence-electron chi connectivity index (χ0n) is 26.7. The fourth-order valence-electron chi connectivity index (χ4n) is 7.37. The summed E-state index contributed by atoms with van der Waals surface area (Å²) < 4.78 is 2.02. The molecule has 0 spiro atoms. The van der Waals surface area contributed by atoms with Gasteiger partial charge in [0, 0.05) is 61.1 Å². The molecule has 0 saturated carbocycles. The molecule has 0 bridgehead atoms. The molecule has 4 amide bonds. The van der Waals surface area contributed by atoms with Gasteiger partial charge in [-0.25, -0.2) is 4.98 Å². The van der Waals surface area contributed by atoms with Crippen LogP contribution in [0.3, 0.4) is 0 Å². The SMILES string of the molecule is NC(=O)c1cccc(N2CCC(n3cc(-c4cnc5ccccc5n4)cn3)CC2)c1Cc1ccc2c(c1)CN(C1CCC(=O)NC1=O)C2=O. The first-order valence-electron chi connectivity index (χ1n) is 16.5. The van der Waals surface area contributed by atoms with Crippen molar-refractivity contribution in [1.29, 1.82) is 0 Å². The van der Waals surface area contributed by atoms with Crippen LogP contribution in [0.1, 0.15) is 69.1 Å². The summed E-state index contributed by atoms with van der Waals surface area (Å²) in [5.41, 5.74) is 13.9. The molecule has 0 aliphatic carbocycles. The zero-order valence-corrected chi connectivity index (χ0v) is 26.7. The van der Waals surface area contributed by atoms with E-state index in [4.69, 9.17) is 10.7 Å². The first-order chi connectivity index (χ1) is 23.8. The van der Waals surface area contributed by atoms with Crippen LogP contribution in [0.2, 0.25) is 0 Å². The Kier molecular flexibility index (Phi) is 7.62. The van der Waals surface area contributed by atoms with Crippen molar-refractivity contribution in [1.82, 2.24) is 30.0 Å². The first-order valence-corrected chi connectivity index (χ1v) is 16.5. The van der Waals surface area contributed by atoms with Crippen molar-refractivity contribution in [3.8, 4) is 11.3 Å². The van der Waals surface area contributed by atoms with Crippen LogP contribution in [0.25, 0.3) is 22.3 Å². The number of benzene rings is 3. The Morgan fingerprint density at radius 2 is 1.76 bits per heavy atom. The third-order valence-corrected chi connectivity index (χ3v) is 9.91. The van der Waals surface area contributed by atoms with Crippen molar-refractivity contribution >= 4 is 40.3 Å². The number of fused-ring (bicyclic) bond motifs is 2. The van der Waals surface area contributed by atoms with Crippen molar-refractivity contribution in [3.63, 3.8) is 0 Å². The Hall–Kier alpha value is -5.91. The molecule has 12 nitrogen and oxygen atoms in total. The number of carbonyl (C=O) groups excluding carboxylic acids is 4. The Bertz CT molecular complexity index is 2150. The minimum absolute atomic E-state index is 0.204. The predicted molar refractivity (Wildman–Crippen MR) is 181 cm³/mol. The highest BCUT2D eigenvalue weighted by Crippen LogP contribution is 2.34. The van der Waals surface area contributed by atoms with E-state index in [-0.39, 0.29) is 30.8 Å². The number of carbonyl (C=O) groups is 4. The van der Waals surface area contributed by atoms with E-state index in [0.717, 1.165) is 70.6 Å². The van der Waals surface area contributed by atoms with E-state index in [1.54, 1.807) is 23.2 Å². The Morgan fingerprint density at radius 3 is 2.55 bits per heavy atom. The molecule has 1 unspecified atom stereocenters. The third-order valence-electron chi connectivity index (χ3n) is 9.91. The van der Waals surface area contributed by atoms with Gasteiger partial charge in [0.2, 0.25) is 17.7 Å². The molecule has 5 heterocycles. The maximum absolute atomic E-state index is 13.2. The van der Waals surface area contributed by atoms with Gasteiger partial charge in [-0.1, -0.05) is 30.3 Å². The normalized spacial score (nSPS) is 18.2. The number of nitrogens with zero attached hydrogens (tertiary/aromatic N) is 6. The summed E-state index contributed by atoms with van der Waals surface area (Å²) in [6, 6.07) is 18.7. The van der Waals surface area contributed by atoms with Crippen molar-refractivity contribution < 1.29 is 19.2 Å². The fourth-order valence-corrected chi connectivity index (χ4v) is 7.37. The van der Waals surface area contributed by atoms with Crippen LogP contribution in [0, 0.1) is 0 Å². The number of hydrogen-bond acceptors (Lipinski definition) is 8. The lowest BCUT2D eigenvalue weighted by atomic mass is 9.94. The molecule has 2 aromatic heterocycles. The minimum Gasteiger partial charge on any atom is -0.371 e. The quantitative estimate of drug-likeness (QED) is 0.251. The van der Waals surface area contributed by atoms with Gasteiger partial charge in [-0.2, -0.15) is 5.10 Å². The summed E-state index contributed by atoms with van der Waals surface area (Å²) in [7, 11) is 0. The highest BCUT2D eigenvalue weighted by Gasteiger charge is 2.39. The van der Waals surface area contributed by atoms with Gasteiger partial charge in [0.15, 0.2) is 0 Å². The van der Waals surface area contributed by atoms with Gasteiger partial charge in [-0.15, -0.1) is 0 Å². The number of rotatable bonds is 7. The molecule has 3 N–H and O–H groups in total. The molecule has 49 heavy (non-hydrogen) atoms. The molecule has 246 valence electrons. The van der Waals surface area contributed by atoms with Gasteiger partial charge in [0.05, 0.1) is 35.2 Å². The Labute approximate surface area is 281 Å². The third kappa shape index (κ3) is 5.68. The van der Waals surface area contributed by atoms with Gasteiger partial charge in [-0.3, -0.25) is 34.2 Å². The number of piperidine rings is 2. The molecule has 8 rings (SSSR count). The van der Waals surface area contributed by atoms with E-state index >= 15 is 0 Å². The molecule has 3 aromatic carbocycles.